The first kappa shape index (κ1) is 13.9. The molecule has 4 rings (SSSR count). The number of benzene rings is 1. The molecule has 8 nitrogen and oxygen atoms in total. The molecule has 1 saturated heterocycles. The number of hydrogen-bond acceptors (Lipinski definition) is 7. The number of rotatable bonds is 4. The van der Waals surface area contributed by atoms with E-state index in [9.17, 15) is 4.79 Å². The second kappa shape index (κ2) is 5.47. The third-order valence-electron chi connectivity index (χ3n) is 3.72. The molecule has 1 amide bonds. The molecule has 0 bridgehead atoms. The Balaban J connectivity index is 1.35. The van der Waals surface area contributed by atoms with Crippen molar-refractivity contribution >= 4 is 11.6 Å². The van der Waals surface area contributed by atoms with E-state index >= 15 is 0 Å². The van der Waals surface area contributed by atoms with Crippen LogP contribution in [0.2, 0.25) is 0 Å². The maximum atomic E-state index is 12.1. The minimum Gasteiger partial charge on any atom is -0.419 e. The van der Waals surface area contributed by atoms with Crippen molar-refractivity contribution in [2.75, 3.05) is 13.2 Å². The first-order chi connectivity index (χ1) is 11.2. The van der Waals surface area contributed by atoms with Crippen molar-refractivity contribution < 1.29 is 18.8 Å². The van der Waals surface area contributed by atoms with Crippen molar-refractivity contribution in [3.8, 4) is 11.5 Å². The molecule has 2 aliphatic rings. The monoisotopic (exact) mass is 314 g/mol. The molecule has 1 aromatic heterocycles. The maximum absolute atomic E-state index is 12.1. The van der Waals surface area contributed by atoms with Crippen LogP contribution in [0, 0.1) is 0 Å². The van der Waals surface area contributed by atoms with Gasteiger partial charge in [0.2, 0.25) is 11.8 Å². The van der Waals surface area contributed by atoms with Gasteiger partial charge in [-0.2, -0.15) is 0 Å². The highest BCUT2D eigenvalue weighted by Crippen LogP contribution is 2.31. The highest BCUT2D eigenvalue weighted by atomic mass is 16.7. The van der Waals surface area contributed by atoms with Crippen molar-refractivity contribution in [1.82, 2.24) is 15.5 Å². The summed E-state index contributed by atoms with van der Waals surface area (Å²) in [6, 6.07) is 9.44. The van der Waals surface area contributed by atoms with Gasteiger partial charge in [-0.25, -0.2) is 0 Å². The van der Waals surface area contributed by atoms with Gasteiger partial charge >= 0.3 is 0 Å². The minimum atomic E-state index is -0.433. The first-order valence-corrected chi connectivity index (χ1v) is 7.23. The zero-order valence-corrected chi connectivity index (χ0v) is 12.2. The number of carbonyl (C=O) groups is 1. The van der Waals surface area contributed by atoms with E-state index in [1.54, 1.807) is 0 Å². The summed E-state index contributed by atoms with van der Waals surface area (Å²) in [5, 5.41) is 14.4. The van der Waals surface area contributed by atoms with Crippen LogP contribution in [-0.2, 0) is 20.9 Å². The number of nitrogens with zero attached hydrogens (tertiary/aromatic N) is 3. The average Bonchev–Trinajstić information content (AvgIpc) is 3.20. The summed E-state index contributed by atoms with van der Waals surface area (Å²) < 4.78 is 10.6. The second-order valence-electron chi connectivity index (χ2n) is 5.53. The van der Waals surface area contributed by atoms with E-state index in [0.29, 0.717) is 37.1 Å². The molecule has 0 aliphatic carbocycles. The standard InChI is InChI=1S/C15H14N4O4/c20-13(11-6-15(23-19-11)8-21-9-15)16-7-12-17-18-14(22-12)10-4-2-1-3-5-10/h1-5H,6-9H2,(H,16,20). The van der Waals surface area contributed by atoms with Crippen LogP contribution in [0.15, 0.2) is 39.9 Å². The normalized spacial score (nSPS) is 18.2. The predicted molar refractivity (Wildman–Crippen MR) is 78.3 cm³/mol. The molecule has 2 aliphatic heterocycles. The van der Waals surface area contributed by atoms with E-state index in [2.05, 4.69) is 20.7 Å². The first-order valence-electron chi connectivity index (χ1n) is 7.23. The summed E-state index contributed by atoms with van der Waals surface area (Å²) in [6.45, 7) is 1.08. The van der Waals surface area contributed by atoms with Crippen molar-refractivity contribution in [2.45, 2.75) is 18.6 Å². The Hall–Kier alpha value is -2.74. The van der Waals surface area contributed by atoms with Crippen molar-refractivity contribution in [3.05, 3.63) is 36.2 Å². The van der Waals surface area contributed by atoms with Crippen LogP contribution < -0.4 is 5.32 Å². The fraction of sp³-hybridized carbons (Fsp3) is 0.333. The Bertz CT molecular complexity index is 752. The molecule has 3 heterocycles. The van der Waals surface area contributed by atoms with E-state index in [1.165, 1.54) is 0 Å². The van der Waals surface area contributed by atoms with Gasteiger partial charge in [0.25, 0.3) is 5.91 Å². The number of hydrogen-bond donors (Lipinski definition) is 1. The molecule has 0 unspecified atom stereocenters. The zero-order chi connectivity index (χ0) is 15.7. The Labute approximate surface area is 131 Å². The van der Waals surface area contributed by atoms with Gasteiger partial charge in [-0.1, -0.05) is 23.4 Å². The second-order valence-corrected chi connectivity index (χ2v) is 5.53. The van der Waals surface area contributed by atoms with Gasteiger partial charge in [0.05, 0.1) is 19.8 Å². The van der Waals surface area contributed by atoms with Crippen LogP contribution in [0.3, 0.4) is 0 Å². The lowest BCUT2D eigenvalue weighted by atomic mass is 9.95. The number of nitrogens with one attached hydrogen (secondary N) is 1. The van der Waals surface area contributed by atoms with Gasteiger partial charge in [-0.15, -0.1) is 10.2 Å². The van der Waals surface area contributed by atoms with Gasteiger partial charge in [0.1, 0.15) is 5.71 Å². The minimum absolute atomic E-state index is 0.140. The maximum Gasteiger partial charge on any atom is 0.269 e. The van der Waals surface area contributed by atoms with Crippen molar-refractivity contribution in [3.63, 3.8) is 0 Å². The Morgan fingerprint density at radius 3 is 2.74 bits per heavy atom. The largest absolute Gasteiger partial charge is 0.419 e. The molecule has 1 aromatic carbocycles. The van der Waals surface area contributed by atoms with Crippen LogP contribution in [-0.4, -0.2) is 40.6 Å². The van der Waals surface area contributed by atoms with Crippen LogP contribution in [0.25, 0.3) is 11.5 Å². The van der Waals surface area contributed by atoms with E-state index in [0.717, 1.165) is 5.56 Å². The molecule has 1 fully saturated rings. The summed E-state index contributed by atoms with van der Waals surface area (Å²) >= 11 is 0. The Morgan fingerprint density at radius 2 is 2.04 bits per heavy atom. The number of oxime groups is 1. The molecule has 1 spiro atoms. The highest BCUT2D eigenvalue weighted by molar-refractivity contribution is 6.39. The van der Waals surface area contributed by atoms with E-state index in [-0.39, 0.29) is 12.5 Å². The zero-order valence-electron chi connectivity index (χ0n) is 12.2. The average molecular weight is 314 g/mol. The molecule has 0 saturated carbocycles. The molecule has 23 heavy (non-hydrogen) atoms. The lowest BCUT2D eigenvalue weighted by Crippen LogP contribution is -2.50. The van der Waals surface area contributed by atoms with Gasteiger partial charge in [0.15, 0.2) is 5.60 Å². The number of aromatic nitrogens is 2. The Kier molecular flexibility index (Phi) is 3.30. The van der Waals surface area contributed by atoms with Crippen molar-refractivity contribution in [1.29, 1.82) is 0 Å². The molecule has 1 N–H and O–H groups in total. The molecule has 118 valence electrons. The third kappa shape index (κ3) is 2.68. The Morgan fingerprint density at radius 1 is 1.22 bits per heavy atom. The SMILES string of the molecule is O=C(NCc1nnc(-c2ccccc2)o1)C1=NOC2(COC2)C1. The number of amides is 1. The summed E-state index contributed by atoms with van der Waals surface area (Å²) in [5.41, 5.74) is 0.756. The van der Waals surface area contributed by atoms with Crippen LogP contribution in [0.4, 0.5) is 0 Å². The molecule has 0 radical (unpaired) electrons. The van der Waals surface area contributed by atoms with Gasteiger partial charge in [0, 0.05) is 12.0 Å². The third-order valence-corrected chi connectivity index (χ3v) is 3.72. The van der Waals surface area contributed by atoms with Crippen molar-refractivity contribution in [2.24, 2.45) is 5.16 Å². The van der Waals surface area contributed by atoms with E-state index in [4.69, 9.17) is 14.0 Å². The highest BCUT2D eigenvalue weighted by Gasteiger charge is 2.47. The lowest BCUT2D eigenvalue weighted by molar-refractivity contribution is -0.194. The molecular formula is C15H14N4O4. The molecule has 8 heteroatoms. The summed E-state index contributed by atoms with van der Waals surface area (Å²) in [7, 11) is 0. The smallest absolute Gasteiger partial charge is 0.269 e. The fourth-order valence-corrected chi connectivity index (χ4v) is 2.41. The molecule has 0 atom stereocenters. The topological polar surface area (TPSA) is 98.8 Å². The van der Waals surface area contributed by atoms with Crippen LogP contribution in [0.5, 0.6) is 0 Å². The summed E-state index contributed by atoms with van der Waals surface area (Å²) in [5.74, 6) is 0.452. The van der Waals surface area contributed by atoms with Crippen LogP contribution in [0.1, 0.15) is 12.3 Å². The van der Waals surface area contributed by atoms with Gasteiger partial charge < -0.3 is 19.3 Å². The summed E-state index contributed by atoms with van der Waals surface area (Å²) in [6.07, 6.45) is 0.456. The number of carbonyl (C=O) groups excluding carboxylic acids is 1. The quantitative estimate of drug-likeness (QED) is 0.900. The van der Waals surface area contributed by atoms with Crippen LogP contribution >= 0.6 is 0 Å². The number of ether oxygens (including phenoxy) is 1. The van der Waals surface area contributed by atoms with E-state index in [1.807, 2.05) is 30.3 Å². The summed E-state index contributed by atoms with van der Waals surface area (Å²) in [4.78, 5) is 17.3. The lowest BCUT2D eigenvalue weighted by Gasteiger charge is -2.34. The predicted octanol–water partition coefficient (Wildman–Crippen LogP) is 0.898. The fourth-order valence-electron chi connectivity index (χ4n) is 2.41. The van der Waals surface area contributed by atoms with Gasteiger partial charge in [-0.05, 0) is 12.1 Å². The van der Waals surface area contributed by atoms with Gasteiger partial charge in [-0.3, -0.25) is 4.79 Å². The van der Waals surface area contributed by atoms with E-state index < -0.39 is 5.60 Å². The molecule has 2 aromatic rings. The molecular weight excluding hydrogens is 300 g/mol.